The number of nitrogens with zero attached hydrogens (tertiary/aromatic N) is 2. The summed E-state index contributed by atoms with van der Waals surface area (Å²) in [5.41, 5.74) is 2.83. The number of hydrogen-bond donors (Lipinski definition) is 0. The van der Waals surface area contributed by atoms with Crippen molar-refractivity contribution >= 4 is 34.7 Å². The number of para-hydroxylation sites is 2. The van der Waals surface area contributed by atoms with Gasteiger partial charge in [0.15, 0.2) is 11.5 Å². The van der Waals surface area contributed by atoms with Crippen LogP contribution in [-0.2, 0) is 11.4 Å². The largest absolute Gasteiger partial charge is 0.493 e. The van der Waals surface area contributed by atoms with Crippen LogP contribution >= 0.6 is 11.8 Å². The smallest absolute Gasteiger partial charge is 0.293 e. The summed E-state index contributed by atoms with van der Waals surface area (Å²) in [6.45, 7) is 6.64. The number of hydrogen-bond acceptors (Lipinski definition) is 7. The van der Waals surface area contributed by atoms with E-state index in [0.717, 1.165) is 41.7 Å². The predicted octanol–water partition coefficient (Wildman–Crippen LogP) is 6.24. The molecule has 7 nitrogen and oxygen atoms in total. The van der Waals surface area contributed by atoms with E-state index in [4.69, 9.17) is 14.2 Å². The molecular weight excluding hydrogens is 500 g/mol. The molecule has 198 valence electrons. The number of thioether (sulfide) groups is 1. The molecule has 0 spiro atoms. The Morgan fingerprint density at radius 2 is 1.58 bits per heavy atom. The van der Waals surface area contributed by atoms with E-state index < -0.39 is 0 Å². The van der Waals surface area contributed by atoms with Crippen molar-refractivity contribution in [1.29, 1.82) is 0 Å². The minimum atomic E-state index is -0.342. The number of carbonyl (C=O) groups is 2. The Morgan fingerprint density at radius 3 is 2.29 bits per heavy atom. The molecule has 4 rings (SSSR count). The van der Waals surface area contributed by atoms with Gasteiger partial charge in [-0.15, -0.1) is 0 Å². The van der Waals surface area contributed by atoms with Gasteiger partial charge in [0.05, 0.1) is 18.6 Å². The highest BCUT2D eigenvalue weighted by molar-refractivity contribution is 8.18. The highest BCUT2D eigenvalue weighted by Crippen LogP contribution is 2.35. The topological polar surface area (TPSA) is 68.3 Å². The van der Waals surface area contributed by atoms with Gasteiger partial charge in [-0.3, -0.25) is 14.5 Å². The monoisotopic (exact) mass is 532 g/mol. The molecule has 0 unspecified atom stereocenters. The third-order valence-electron chi connectivity index (χ3n) is 6.16. The molecule has 0 atom stereocenters. The summed E-state index contributed by atoms with van der Waals surface area (Å²) < 4.78 is 17.3. The fourth-order valence-electron chi connectivity index (χ4n) is 4.11. The van der Waals surface area contributed by atoms with Crippen LogP contribution in [0.3, 0.4) is 0 Å². The van der Waals surface area contributed by atoms with Gasteiger partial charge in [-0.05, 0) is 61.5 Å². The maximum atomic E-state index is 13.1. The summed E-state index contributed by atoms with van der Waals surface area (Å²) in [6.07, 6.45) is 1.73. The second-order valence-corrected chi connectivity index (χ2v) is 9.49. The molecular formula is C30H32N2O5S. The van der Waals surface area contributed by atoms with Crippen molar-refractivity contribution in [3.05, 3.63) is 88.8 Å². The second-order valence-electron chi connectivity index (χ2n) is 8.50. The highest BCUT2D eigenvalue weighted by Gasteiger charge is 2.35. The molecule has 3 aromatic carbocycles. The standard InChI is InChI=1S/C30H32N2O5S/c1-4-31(5-2)24-16-15-23(27(20-24)37-21-22-11-7-6-8-12-22)19-28-29(33)32(30(34)38-28)17-18-36-26-14-10-9-13-25(26)35-3/h6-16,19-20H,4-5,17-18,21H2,1-3H3/b28-19-. The second kappa shape index (κ2) is 13.1. The van der Waals surface area contributed by atoms with E-state index in [1.54, 1.807) is 25.3 Å². The van der Waals surface area contributed by atoms with Crippen LogP contribution in [0.2, 0.25) is 0 Å². The van der Waals surface area contributed by atoms with Gasteiger partial charge < -0.3 is 19.1 Å². The van der Waals surface area contributed by atoms with Crippen LogP contribution in [0.15, 0.2) is 77.7 Å². The van der Waals surface area contributed by atoms with Crippen LogP contribution in [0.1, 0.15) is 25.0 Å². The van der Waals surface area contributed by atoms with Crippen molar-refractivity contribution in [1.82, 2.24) is 4.90 Å². The number of amides is 2. The lowest BCUT2D eigenvalue weighted by Crippen LogP contribution is -2.32. The fourth-order valence-corrected chi connectivity index (χ4v) is 4.96. The van der Waals surface area contributed by atoms with Crippen molar-refractivity contribution in [2.24, 2.45) is 0 Å². The van der Waals surface area contributed by atoms with Crippen LogP contribution in [-0.4, -0.2) is 49.4 Å². The van der Waals surface area contributed by atoms with Gasteiger partial charge in [0, 0.05) is 30.4 Å². The van der Waals surface area contributed by atoms with Gasteiger partial charge in [-0.25, -0.2) is 0 Å². The summed E-state index contributed by atoms with van der Waals surface area (Å²) in [4.78, 5) is 29.6. The van der Waals surface area contributed by atoms with Crippen molar-refractivity contribution in [3.63, 3.8) is 0 Å². The molecule has 2 amide bonds. The third kappa shape index (κ3) is 6.50. The molecule has 3 aromatic rings. The molecule has 1 saturated heterocycles. The Kier molecular flexibility index (Phi) is 9.32. The molecule has 1 aliphatic rings. The first-order valence-electron chi connectivity index (χ1n) is 12.6. The van der Waals surface area contributed by atoms with Gasteiger partial charge in [0.25, 0.3) is 11.1 Å². The first-order chi connectivity index (χ1) is 18.5. The number of ether oxygens (including phenoxy) is 3. The third-order valence-corrected chi connectivity index (χ3v) is 7.07. The normalized spacial score (nSPS) is 14.2. The first kappa shape index (κ1) is 27.1. The fraction of sp³-hybridized carbons (Fsp3) is 0.267. The van der Waals surface area contributed by atoms with E-state index >= 15 is 0 Å². The molecule has 38 heavy (non-hydrogen) atoms. The Balaban J connectivity index is 1.51. The van der Waals surface area contributed by atoms with Gasteiger partial charge in [-0.1, -0.05) is 42.5 Å². The van der Waals surface area contributed by atoms with E-state index in [9.17, 15) is 9.59 Å². The number of anilines is 1. The lowest BCUT2D eigenvalue weighted by molar-refractivity contribution is -0.123. The zero-order chi connectivity index (χ0) is 26.9. The van der Waals surface area contributed by atoms with Gasteiger partial charge in [0.2, 0.25) is 0 Å². The maximum Gasteiger partial charge on any atom is 0.293 e. The van der Waals surface area contributed by atoms with Crippen LogP contribution in [0.4, 0.5) is 10.5 Å². The van der Waals surface area contributed by atoms with E-state index in [2.05, 4.69) is 18.7 Å². The van der Waals surface area contributed by atoms with Crippen molar-refractivity contribution in [2.75, 3.05) is 38.3 Å². The van der Waals surface area contributed by atoms with Crippen molar-refractivity contribution in [2.45, 2.75) is 20.5 Å². The maximum absolute atomic E-state index is 13.1. The number of methoxy groups -OCH3 is 1. The predicted molar refractivity (Wildman–Crippen MR) is 152 cm³/mol. The van der Waals surface area contributed by atoms with E-state index in [0.29, 0.717) is 28.8 Å². The van der Waals surface area contributed by atoms with Crippen LogP contribution in [0, 0.1) is 0 Å². The zero-order valence-electron chi connectivity index (χ0n) is 21.9. The Morgan fingerprint density at radius 1 is 0.868 bits per heavy atom. The first-order valence-corrected chi connectivity index (χ1v) is 13.4. The molecule has 0 aliphatic carbocycles. The number of imide groups is 1. The highest BCUT2D eigenvalue weighted by atomic mass is 32.2. The quantitative estimate of drug-likeness (QED) is 0.256. The molecule has 1 heterocycles. The lowest BCUT2D eigenvalue weighted by Gasteiger charge is -2.22. The van der Waals surface area contributed by atoms with Gasteiger partial charge in [-0.2, -0.15) is 0 Å². The summed E-state index contributed by atoms with van der Waals surface area (Å²) in [5, 5.41) is -0.323. The SMILES string of the molecule is CCN(CC)c1ccc(/C=C2\SC(=O)N(CCOc3ccccc3OC)C2=O)c(OCc2ccccc2)c1. The van der Waals surface area contributed by atoms with Crippen molar-refractivity contribution < 1.29 is 23.8 Å². The molecule has 0 N–H and O–H groups in total. The Bertz CT molecular complexity index is 1290. The average molecular weight is 533 g/mol. The number of carbonyl (C=O) groups excluding carboxylic acids is 2. The molecule has 0 radical (unpaired) electrons. The number of rotatable bonds is 12. The zero-order valence-corrected chi connectivity index (χ0v) is 22.7. The van der Waals surface area contributed by atoms with Gasteiger partial charge >= 0.3 is 0 Å². The molecule has 0 bridgehead atoms. The summed E-state index contributed by atoms with van der Waals surface area (Å²) in [5.74, 6) is 1.47. The van der Waals surface area contributed by atoms with Gasteiger partial charge in [0.1, 0.15) is 19.0 Å². The summed E-state index contributed by atoms with van der Waals surface area (Å²) in [6, 6.07) is 23.1. The average Bonchev–Trinajstić information content (AvgIpc) is 3.21. The Labute approximate surface area is 228 Å². The van der Waals surface area contributed by atoms with E-state index in [-0.39, 0.29) is 24.3 Å². The molecule has 0 aromatic heterocycles. The molecule has 0 saturated carbocycles. The number of benzene rings is 3. The Hall–Kier alpha value is -3.91. The van der Waals surface area contributed by atoms with Crippen LogP contribution in [0.25, 0.3) is 6.08 Å². The molecule has 1 aliphatic heterocycles. The minimum Gasteiger partial charge on any atom is -0.493 e. The summed E-state index contributed by atoms with van der Waals surface area (Å²) in [7, 11) is 1.57. The van der Waals surface area contributed by atoms with Crippen molar-refractivity contribution in [3.8, 4) is 17.2 Å². The van der Waals surface area contributed by atoms with Crippen LogP contribution < -0.4 is 19.1 Å². The van der Waals surface area contributed by atoms with Crippen LogP contribution in [0.5, 0.6) is 17.2 Å². The molecule has 8 heteroatoms. The minimum absolute atomic E-state index is 0.137. The summed E-state index contributed by atoms with van der Waals surface area (Å²) >= 11 is 0.926. The van der Waals surface area contributed by atoms with E-state index in [1.807, 2.05) is 60.7 Å². The molecule has 1 fully saturated rings. The lowest BCUT2D eigenvalue weighted by atomic mass is 10.1. The van der Waals surface area contributed by atoms with E-state index in [1.165, 1.54) is 4.90 Å².